The Bertz CT molecular complexity index is 713. The van der Waals surface area contributed by atoms with Crippen molar-refractivity contribution in [3.63, 3.8) is 0 Å². The second kappa shape index (κ2) is 7.64. The van der Waals surface area contributed by atoms with Crippen LogP contribution in [0.1, 0.15) is 38.2 Å². The molecule has 1 unspecified atom stereocenters. The lowest BCUT2D eigenvalue weighted by Crippen LogP contribution is -2.46. The highest BCUT2D eigenvalue weighted by Crippen LogP contribution is 2.20. The third-order valence-electron chi connectivity index (χ3n) is 4.05. The van der Waals surface area contributed by atoms with Gasteiger partial charge in [-0.3, -0.25) is 19.1 Å². The number of fused-ring (bicyclic) bond motifs is 1. The van der Waals surface area contributed by atoms with E-state index in [9.17, 15) is 14.4 Å². The van der Waals surface area contributed by atoms with Crippen molar-refractivity contribution in [3.05, 3.63) is 22.1 Å². The number of aromatic nitrogens is 2. The molecule has 0 aromatic carbocycles. The molecule has 0 aliphatic carbocycles. The quantitative estimate of drug-likeness (QED) is 0.564. The van der Waals surface area contributed by atoms with E-state index in [0.717, 1.165) is 6.20 Å². The van der Waals surface area contributed by atoms with Crippen molar-refractivity contribution in [2.45, 2.75) is 46.3 Å². The molecule has 25 heavy (non-hydrogen) atoms. The molecule has 1 aromatic rings. The van der Waals surface area contributed by atoms with E-state index in [4.69, 9.17) is 15.2 Å². The molecule has 1 aromatic heterocycles. The minimum absolute atomic E-state index is 0.0220. The van der Waals surface area contributed by atoms with Gasteiger partial charge in [-0.1, -0.05) is 13.8 Å². The Balaban J connectivity index is 2.18. The van der Waals surface area contributed by atoms with E-state index in [2.05, 4.69) is 5.10 Å². The molecule has 0 saturated heterocycles. The normalized spacial score (nSPS) is 15.3. The van der Waals surface area contributed by atoms with Crippen LogP contribution in [0.15, 0.2) is 11.0 Å². The molecular formula is C16H24N4O5. The number of rotatable bonds is 6. The first-order chi connectivity index (χ1) is 11.7. The van der Waals surface area contributed by atoms with Gasteiger partial charge >= 0.3 is 5.97 Å². The fourth-order valence-electron chi connectivity index (χ4n) is 2.44. The van der Waals surface area contributed by atoms with Gasteiger partial charge in [0.05, 0.1) is 12.7 Å². The summed E-state index contributed by atoms with van der Waals surface area (Å²) in [5.41, 5.74) is 5.21. The van der Waals surface area contributed by atoms with Crippen LogP contribution in [0.2, 0.25) is 0 Å². The van der Waals surface area contributed by atoms with Crippen molar-refractivity contribution in [1.82, 2.24) is 14.7 Å². The number of hydrogen-bond donors (Lipinski definition) is 1. The average molecular weight is 352 g/mol. The first-order valence-electron chi connectivity index (χ1n) is 8.20. The fourth-order valence-corrected chi connectivity index (χ4v) is 2.44. The third kappa shape index (κ3) is 3.98. The molecular weight excluding hydrogens is 328 g/mol. The van der Waals surface area contributed by atoms with E-state index in [0.29, 0.717) is 13.1 Å². The summed E-state index contributed by atoms with van der Waals surface area (Å²) in [6, 6.07) is -0.805. The Hall–Kier alpha value is -2.42. The minimum atomic E-state index is -0.783. The molecule has 0 bridgehead atoms. The number of amides is 1. The maximum absolute atomic E-state index is 12.6. The smallest absolute Gasteiger partial charge is 0.326 e. The molecule has 0 spiro atoms. The number of carbonyl (C=O) groups excluding carboxylic acids is 2. The molecule has 1 atom stereocenters. The second-order valence-electron chi connectivity index (χ2n) is 6.50. The average Bonchev–Trinajstić information content (AvgIpc) is 2.55. The van der Waals surface area contributed by atoms with Gasteiger partial charge in [0.25, 0.3) is 5.91 Å². The van der Waals surface area contributed by atoms with Crippen LogP contribution in [0.4, 0.5) is 0 Å². The Labute approximate surface area is 145 Å². The van der Waals surface area contributed by atoms with Crippen LogP contribution in [0.3, 0.4) is 0 Å². The van der Waals surface area contributed by atoms with Crippen LogP contribution in [0.25, 0.3) is 0 Å². The van der Waals surface area contributed by atoms with Crippen LogP contribution >= 0.6 is 0 Å². The largest absolute Gasteiger partial charge is 0.451 e. The van der Waals surface area contributed by atoms with Crippen molar-refractivity contribution in [2.75, 3.05) is 13.3 Å². The Morgan fingerprint density at radius 2 is 1.96 bits per heavy atom. The number of hydrogen-bond acceptors (Lipinski definition) is 7. The first-order valence-corrected chi connectivity index (χ1v) is 8.20. The van der Waals surface area contributed by atoms with Crippen LogP contribution in [-0.4, -0.2) is 52.0 Å². The molecule has 1 aliphatic rings. The van der Waals surface area contributed by atoms with Crippen molar-refractivity contribution in [1.29, 1.82) is 0 Å². The van der Waals surface area contributed by atoms with E-state index >= 15 is 0 Å². The molecule has 9 heteroatoms. The lowest BCUT2D eigenvalue weighted by molar-refractivity contribution is -0.152. The molecule has 0 radical (unpaired) electrons. The van der Waals surface area contributed by atoms with Crippen molar-refractivity contribution >= 4 is 11.9 Å². The summed E-state index contributed by atoms with van der Waals surface area (Å²) in [5, 5.41) is 3.97. The van der Waals surface area contributed by atoms with Gasteiger partial charge in [0, 0.05) is 12.6 Å². The summed E-state index contributed by atoms with van der Waals surface area (Å²) in [6.45, 7) is 7.80. The van der Waals surface area contributed by atoms with Gasteiger partial charge in [0.2, 0.25) is 18.0 Å². The highest BCUT2D eigenvalue weighted by atomic mass is 16.7. The molecule has 2 N–H and O–H groups in total. The molecule has 138 valence electrons. The summed E-state index contributed by atoms with van der Waals surface area (Å²) in [6.07, 6.45) is 1.08. The minimum Gasteiger partial charge on any atom is -0.451 e. The van der Waals surface area contributed by atoms with E-state index in [1.165, 1.54) is 4.68 Å². The third-order valence-corrected chi connectivity index (χ3v) is 4.05. The molecule has 0 saturated carbocycles. The van der Waals surface area contributed by atoms with Crippen LogP contribution in [0, 0.1) is 5.92 Å². The Morgan fingerprint density at radius 1 is 1.28 bits per heavy atom. The zero-order valence-corrected chi connectivity index (χ0v) is 14.9. The van der Waals surface area contributed by atoms with E-state index < -0.39 is 24.2 Å². The Morgan fingerprint density at radius 3 is 2.56 bits per heavy atom. The van der Waals surface area contributed by atoms with Crippen LogP contribution < -0.4 is 15.9 Å². The molecule has 0 fully saturated rings. The lowest BCUT2D eigenvalue weighted by Gasteiger charge is -2.32. The summed E-state index contributed by atoms with van der Waals surface area (Å²) in [5.74, 6) is -1.23. The lowest BCUT2D eigenvalue weighted by atomic mass is 10.1. The number of nitrogens with zero attached hydrogens (tertiary/aromatic N) is 3. The van der Waals surface area contributed by atoms with Gasteiger partial charge in [0.15, 0.2) is 5.69 Å². The van der Waals surface area contributed by atoms with Crippen LogP contribution in [0.5, 0.6) is 5.75 Å². The highest BCUT2D eigenvalue weighted by Gasteiger charge is 2.31. The van der Waals surface area contributed by atoms with Crippen molar-refractivity contribution < 1.29 is 19.1 Å². The topological polar surface area (TPSA) is 117 Å². The maximum Gasteiger partial charge on any atom is 0.326 e. The molecule has 9 nitrogen and oxygen atoms in total. The molecule has 2 heterocycles. The first kappa shape index (κ1) is 18.9. The van der Waals surface area contributed by atoms with E-state index in [1.54, 1.807) is 18.7 Å². The fraction of sp³-hybridized carbons (Fsp3) is 0.625. The summed E-state index contributed by atoms with van der Waals surface area (Å²) in [7, 11) is 0. The van der Waals surface area contributed by atoms with Crippen molar-refractivity contribution in [2.24, 2.45) is 11.7 Å². The van der Waals surface area contributed by atoms with E-state index in [-0.39, 0.29) is 29.3 Å². The molecule has 2 rings (SSSR count). The standard InChI is InChI=1S/C16H24N4O5/c1-9(2)12(17)16(23)25-8-24-14-11(21)7-18-20-6-5-19(10(3)4)15(22)13(14)20/h7,9-10,12H,5-6,8,17H2,1-4H3. The monoisotopic (exact) mass is 352 g/mol. The summed E-state index contributed by atoms with van der Waals surface area (Å²) in [4.78, 5) is 38.1. The maximum atomic E-state index is 12.6. The van der Waals surface area contributed by atoms with Gasteiger partial charge in [0.1, 0.15) is 6.04 Å². The number of esters is 1. The van der Waals surface area contributed by atoms with Gasteiger partial charge in [-0.25, -0.2) is 0 Å². The number of carbonyl (C=O) groups is 2. The molecule has 1 aliphatic heterocycles. The zero-order chi connectivity index (χ0) is 18.7. The van der Waals surface area contributed by atoms with Gasteiger partial charge in [-0.2, -0.15) is 5.10 Å². The number of ether oxygens (including phenoxy) is 2. The zero-order valence-electron chi connectivity index (χ0n) is 14.9. The van der Waals surface area contributed by atoms with Gasteiger partial charge in [-0.05, 0) is 19.8 Å². The summed E-state index contributed by atoms with van der Waals surface area (Å²) >= 11 is 0. The summed E-state index contributed by atoms with van der Waals surface area (Å²) < 4.78 is 11.7. The van der Waals surface area contributed by atoms with Crippen molar-refractivity contribution in [3.8, 4) is 5.75 Å². The van der Waals surface area contributed by atoms with Gasteiger partial charge in [-0.15, -0.1) is 0 Å². The molecule has 1 amide bonds. The van der Waals surface area contributed by atoms with E-state index in [1.807, 2.05) is 13.8 Å². The second-order valence-corrected chi connectivity index (χ2v) is 6.50. The Kier molecular flexibility index (Phi) is 5.78. The van der Waals surface area contributed by atoms with Crippen LogP contribution in [-0.2, 0) is 16.1 Å². The predicted molar refractivity (Wildman–Crippen MR) is 89.1 cm³/mol. The predicted octanol–water partition coefficient (Wildman–Crippen LogP) is -0.0297. The van der Waals surface area contributed by atoms with Gasteiger partial charge < -0.3 is 20.1 Å². The highest BCUT2D eigenvalue weighted by molar-refractivity contribution is 5.95. The SMILES string of the molecule is CC(C)C(N)C(=O)OCOc1c2n(ncc1=O)CCN(C(C)C)C2=O. The number of nitrogens with two attached hydrogens (primary N) is 1.